The van der Waals surface area contributed by atoms with Crippen LogP contribution in [0.15, 0.2) is 0 Å². The minimum atomic E-state index is -4.73. The first-order valence-corrected chi connectivity index (χ1v) is 10.6. The Hall–Kier alpha value is -1.70. The summed E-state index contributed by atoms with van der Waals surface area (Å²) in [5.74, 6) is -4.75. The molecule has 162 valence electrons. The molecule has 15 heteroatoms. The average molecular weight is 445 g/mol. The van der Waals surface area contributed by atoms with Gasteiger partial charge in [-0.05, 0) is 13.3 Å². The number of aliphatic hydroxyl groups excluding tert-OH is 1. The quantitative estimate of drug-likeness (QED) is 0.137. The number of amides is 2. The van der Waals surface area contributed by atoms with Gasteiger partial charge < -0.3 is 41.5 Å². The lowest BCUT2D eigenvalue weighted by molar-refractivity contribution is -0.139. The lowest BCUT2D eigenvalue weighted by Gasteiger charge is -2.24. The van der Waals surface area contributed by atoms with E-state index in [9.17, 15) is 38.6 Å². The van der Waals surface area contributed by atoms with Gasteiger partial charge in [0.2, 0.25) is 11.8 Å². The lowest BCUT2D eigenvalue weighted by Crippen LogP contribution is -2.50. The molecule has 0 aliphatic rings. The molecule has 0 radical (unpaired) electrons. The molecule has 28 heavy (non-hydrogen) atoms. The van der Waals surface area contributed by atoms with Crippen molar-refractivity contribution in [2.45, 2.75) is 42.9 Å². The molecule has 4 atom stereocenters. The Morgan fingerprint density at radius 1 is 1.18 bits per heavy atom. The molecule has 0 aliphatic carbocycles. The highest BCUT2D eigenvalue weighted by molar-refractivity contribution is 8.05. The fourth-order valence-electron chi connectivity index (χ4n) is 1.86. The molecule has 0 fully saturated rings. The summed E-state index contributed by atoms with van der Waals surface area (Å²) < 4.78 is 11.4. The number of carboxylic acid groups (broad SMARTS) is 2. The van der Waals surface area contributed by atoms with E-state index >= 15 is 0 Å². The van der Waals surface area contributed by atoms with Crippen LogP contribution < -0.4 is 16.4 Å². The standard InChI is InChI=1S/C13H24N3O10PS/c1-6(17)13(27(24,25)26)28-5-8(11(21)15-4-10(19)20)16-9(18)3-2-7(14)12(22)23/h6-8,13,17H,2-5,14H2,1H3,(H,15,21)(H,16,18)(H,19,20)(H,22,23)(H2,24,25,26)/t6-,7-,8-,13-/m0/s1. The number of rotatable bonds is 13. The Labute approximate surface area is 164 Å². The van der Waals surface area contributed by atoms with Crippen molar-refractivity contribution in [3.8, 4) is 0 Å². The van der Waals surface area contributed by atoms with Crippen molar-refractivity contribution in [2.75, 3.05) is 12.3 Å². The number of nitrogens with one attached hydrogen (secondary N) is 2. The minimum Gasteiger partial charge on any atom is -0.480 e. The highest BCUT2D eigenvalue weighted by Crippen LogP contribution is 2.48. The van der Waals surface area contributed by atoms with Crippen LogP contribution in [0.5, 0.6) is 0 Å². The first-order chi connectivity index (χ1) is 12.8. The maximum atomic E-state index is 12.1. The summed E-state index contributed by atoms with van der Waals surface area (Å²) in [7, 11) is -4.73. The molecule has 2 amide bonds. The zero-order chi connectivity index (χ0) is 22.1. The molecular weight excluding hydrogens is 421 g/mol. The van der Waals surface area contributed by atoms with Crippen LogP contribution in [-0.4, -0.2) is 84.3 Å². The Morgan fingerprint density at radius 2 is 1.75 bits per heavy atom. The predicted molar refractivity (Wildman–Crippen MR) is 97.4 cm³/mol. The Bertz CT molecular complexity index is 626. The van der Waals surface area contributed by atoms with Gasteiger partial charge in [0, 0.05) is 12.2 Å². The summed E-state index contributed by atoms with van der Waals surface area (Å²) in [6, 6.07) is -2.68. The van der Waals surface area contributed by atoms with Gasteiger partial charge in [0.05, 0.1) is 6.10 Å². The summed E-state index contributed by atoms with van der Waals surface area (Å²) in [5, 5.41) is 31.1. The zero-order valence-electron chi connectivity index (χ0n) is 14.8. The number of carboxylic acids is 2. The van der Waals surface area contributed by atoms with Crippen molar-refractivity contribution in [3.05, 3.63) is 0 Å². The first-order valence-electron chi connectivity index (χ1n) is 7.87. The summed E-state index contributed by atoms with van der Waals surface area (Å²) in [6.07, 6.45) is -2.01. The zero-order valence-corrected chi connectivity index (χ0v) is 16.6. The van der Waals surface area contributed by atoms with Gasteiger partial charge in [0.1, 0.15) is 23.6 Å². The smallest absolute Gasteiger partial charge is 0.341 e. The molecule has 0 aromatic carbocycles. The molecular formula is C13H24N3O10PS. The van der Waals surface area contributed by atoms with E-state index in [2.05, 4.69) is 5.32 Å². The maximum absolute atomic E-state index is 12.1. The summed E-state index contributed by atoms with van der Waals surface area (Å²) in [4.78, 5) is 62.2. The molecule has 0 aromatic heterocycles. The van der Waals surface area contributed by atoms with Gasteiger partial charge in [0.25, 0.3) is 0 Å². The van der Waals surface area contributed by atoms with Crippen LogP contribution in [-0.2, 0) is 23.7 Å². The van der Waals surface area contributed by atoms with Crippen molar-refractivity contribution in [1.29, 1.82) is 0 Å². The summed E-state index contributed by atoms with van der Waals surface area (Å²) in [5.41, 5.74) is 5.27. The number of carbonyl (C=O) groups is 4. The van der Waals surface area contributed by atoms with E-state index in [4.69, 9.17) is 15.9 Å². The van der Waals surface area contributed by atoms with Crippen LogP contribution >= 0.6 is 19.4 Å². The Morgan fingerprint density at radius 3 is 2.18 bits per heavy atom. The van der Waals surface area contributed by atoms with Gasteiger partial charge in [-0.1, -0.05) is 0 Å². The molecule has 0 aliphatic heterocycles. The number of thioether (sulfide) groups is 1. The SMILES string of the molecule is C[C@H](O)[C@H](SC[C@H](NC(=O)CC[C@H](N)C(=O)O)C(=O)NCC(=O)O)P(=O)(O)O. The molecule has 13 nitrogen and oxygen atoms in total. The monoisotopic (exact) mass is 445 g/mol. The van der Waals surface area contributed by atoms with Crippen LogP contribution in [0.1, 0.15) is 19.8 Å². The Kier molecular flexibility index (Phi) is 11.3. The number of carbonyl (C=O) groups excluding carboxylic acids is 2. The van der Waals surface area contributed by atoms with E-state index in [1.807, 2.05) is 5.32 Å². The normalized spacial score (nSPS) is 15.8. The number of aliphatic carboxylic acids is 2. The van der Waals surface area contributed by atoms with E-state index in [1.54, 1.807) is 0 Å². The van der Waals surface area contributed by atoms with Gasteiger partial charge in [0.15, 0.2) is 0 Å². The number of aliphatic hydroxyl groups is 1. The largest absolute Gasteiger partial charge is 0.480 e. The van der Waals surface area contributed by atoms with E-state index < -0.39 is 61.1 Å². The van der Waals surface area contributed by atoms with Crippen molar-refractivity contribution >= 4 is 43.1 Å². The third kappa shape index (κ3) is 10.6. The summed E-state index contributed by atoms with van der Waals surface area (Å²) >= 11 is 0.524. The van der Waals surface area contributed by atoms with E-state index in [1.165, 1.54) is 0 Å². The second kappa shape index (κ2) is 12.0. The molecule has 0 heterocycles. The van der Waals surface area contributed by atoms with Crippen LogP contribution in [0, 0.1) is 0 Å². The number of hydrogen-bond acceptors (Lipinski definition) is 8. The van der Waals surface area contributed by atoms with Crippen molar-refractivity contribution in [2.24, 2.45) is 5.73 Å². The van der Waals surface area contributed by atoms with Gasteiger partial charge in [-0.2, -0.15) is 0 Å². The van der Waals surface area contributed by atoms with Crippen LogP contribution in [0.25, 0.3) is 0 Å². The lowest BCUT2D eigenvalue weighted by atomic mass is 10.1. The molecule has 0 aromatic rings. The molecule has 0 bridgehead atoms. The molecule has 9 N–H and O–H groups in total. The summed E-state index contributed by atoms with van der Waals surface area (Å²) in [6.45, 7) is 0.389. The second-order valence-corrected chi connectivity index (χ2v) is 9.03. The van der Waals surface area contributed by atoms with Crippen LogP contribution in [0.4, 0.5) is 0 Å². The fourth-order valence-corrected chi connectivity index (χ4v) is 4.36. The molecule has 0 saturated heterocycles. The highest BCUT2D eigenvalue weighted by Gasteiger charge is 2.35. The first kappa shape index (κ1) is 26.3. The molecule has 0 rings (SSSR count). The van der Waals surface area contributed by atoms with Gasteiger partial charge in [-0.3, -0.25) is 23.7 Å². The van der Waals surface area contributed by atoms with E-state index in [0.717, 1.165) is 6.92 Å². The fraction of sp³-hybridized carbons (Fsp3) is 0.692. The number of hydrogen-bond donors (Lipinski definition) is 8. The van der Waals surface area contributed by atoms with E-state index in [0.29, 0.717) is 11.8 Å². The molecule has 0 unspecified atom stereocenters. The topological polar surface area (TPSA) is 237 Å². The van der Waals surface area contributed by atoms with Gasteiger partial charge in [-0.25, -0.2) is 0 Å². The molecule has 0 spiro atoms. The van der Waals surface area contributed by atoms with Crippen LogP contribution in [0.2, 0.25) is 0 Å². The maximum Gasteiger partial charge on any atom is 0.341 e. The van der Waals surface area contributed by atoms with Crippen molar-refractivity contribution in [3.63, 3.8) is 0 Å². The predicted octanol–water partition coefficient (Wildman–Crippen LogP) is -2.52. The third-order valence-electron chi connectivity index (χ3n) is 3.24. The van der Waals surface area contributed by atoms with E-state index in [-0.39, 0.29) is 18.6 Å². The highest BCUT2D eigenvalue weighted by atomic mass is 32.2. The van der Waals surface area contributed by atoms with Gasteiger partial charge in [-0.15, -0.1) is 11.8 Å². The molecule has 0 saturated carbocycles. The van der Waals surface area contributed by atoms with Crippen molar-refractivity contribution < 1.29 is 48.8 Å². The number of nitrogens with two attached hydrogens (primary N) is 1. The Balaban J connectivity index is 5.07. The second-order valence-electron chi connectivity index (χ2n) is 5.77. The van der Waals surface area contributed by atoms with Crippen LogP contribution in [0.3, 0.4) is 0 Å². The third-order valence-corrected chi connectivity index (χ3v) is 6.87. The minimum absolute atomic E-state index is 0.226. The van der Waals surface area contributed by atoms with Crippen molar-refractivity contribution in [1.82, 2.24) is 10.6 Å². The average Bonchev–Trinajstić information content (AvgIpc) is 2.54. The van der Waals surface area contributed by atoms with Gasteiger partial charge >= 0.3 is 19.5 Å².